The summed E-state index contributed by atoms with van der Waals surface area (Å²) >= 11 is 0. The number of nitrogen functional groups attached to an aromatic ring is 1. The molecule has 1 rings (SSSR count). The molecule has 0 aliphatic rings. The number of benzene rings is 1. The molecule has 21 heavy (non-hydrogen) atoms. The second-order valence-electron chi connectivity index (χ2n) is 4.60. The number of nitrogens with zero attached hydrogens (tertiary/aromatic N) is 2. The van der Waals surface area contributed by atoms with E-state index in [0.29, 0.717) is 43.1 Å². The topological polar surface area (TPSA) is 91.4 Å². The number of ether oxygens (including phenoxy) is 1. The molecule has 0 heterocycles. The maximum Gasteiger partial charge on any atom is 0.225 e. The Labute approximate surface area is 125 Å². The minimum atomic E-state index is -0.0894. The molecule has 0 radical (unpaired) electrons. The lowest BCUT2D eigenvalue weighted by Crippen LogP contribution is -2.28. The Kier molecular flexibility index (Phi) is 7.05. The van der Waals surface area contributed by atoms with Crippen LogP contribution in [0.3, 0.4) is 0 Å². The zero-order valence-corrected chi connectivity index (χ0v) is 12.6. The standard InChI is InChI=1S/C15H22N4O2/c1-3-19(9-4-8-16)10-7-15(20)18-13-6-5-12(17)11-14(13)21-2/h5-6,11H,3-4,7,9-10,17H2,1-2H3,(H,18,20). The normalized spacial score (nSPS) is 10.2. The van der Waals surface area contributed by atoms with E-state index in [1.165, 1.54) is 7.11 Å². The van der Waals surface area contributed by atoms with Crippen LogP contribution in [0.2, 0.25) is 0 Å². The van der Waals surface area contributed by atoms with Crippen LogP contribution in [-0.2, 0) is 4.79 Å². The molecule has 0 spiro atoms. The SMILES string of the molecule is CCN(CCC#N)CCC(=O)Nc1ccc(N)cc1OC. The van der Waals surface area contributed by atoms with Crippen molar-refractivity contribution in [2.24, 2.45) is 0 Å². The van der Waals surface area contributed by atoms with Gasteiger partial charge in [-0.2, -0.15) is 5.26 Å². The third-order valence-corrected chi connectivity index (χ3v) is 3.14. The molecular formula is C15H22N4O2. The van der Waals surface area contributed by atoms with E-state index in [0.717, 1.165) is 6.54 Å². The molecule has 3 N–H and O–H groups in total. The Morgan fingerprint density at radius 2 is 2.24 bits per heavy atom. The van der Waals surface area contributed by atoms with Crippen molar-refractivity contribution in [2.45, 2.75) is 19.8 Å². The van der Waals surface area contributed by atoms with E-state index in [2.05, 4.69) is 16.3 Å². The fourth-order valence-electron chi connectivity index (χ4n) is 1.92. The number of nitrogens with two attached hydrogens (primary N) is 1. The van der Waals surface area contributed by atoms with Crippen molar-refractivity contribution in [3.8, 4) is 11.8 Å². The maximum atomic E-state index is 12.0. The number of amides is 1. The van der Waals surface area contributed by atoms with E-state index < -0.39 is 0 Å². The predicted octanol–water partition coefficient (Wildman–Crippen LogP) is 1.84. The Bertz CT molecular complexity index is 511. The van der Waals surface area contributed by atoms with Crippen molar-refractivity contribution in [3.63, 3.8) is 0 Å². The Hall–Kier alpha value is -2.26. The van der Waals surface area contributed by atoms with Crippen molar-refractivity contribution in [3.05, 3.63) is 18.2 Å². The number of rotatable bonds is 8. The van der Waals surface area contributed by atoms with Gasteiger partial charge in [-0.3, -0.25) is 4.79 Å². The summed E-state index contributed by atoms with van der Waals surface area (Å²) in [6, 6.07) is 7.21. The Morgan fingerprint density at radius 1 is 1.48 bits per heavy atom. The van der Waals surface area contributed by atoms with Gasteiger partial charge >= 0.3 is 0 Å². The molecule has 6 nitrogen and oxygen atoms in total. The van der Waals surface area contributed by atoms with E-state index in [1.807, 2.05) is 6.92 Å². The van der Waals surface area contributed by atoms with Crippen molar-refractivity contribution >= 4 is 17.3 Å². The van der Waals surface area contributed by atoms with Gasteiger partial charge in [0.2, 0.25) is 5.91 Å². The first-order valence-electron chi connectivity index (χ1n) is 6.93. The van der Waals surface area contributed by atoms with Crippen LogP contribution >= 0.6 is 0 Å². The number of hydrogen-bond acceptors (Lipinski definition) is 5. The average Bonchev–Trinajstić information content (AvgIpc) is 2.49. The third kappa shape index (κ3) is 5.71. The van der Waals surface area contributed by atoms with Crippen LogP contribution < -0.4 is 15.8 Å². The van der Waals surface area contributed by atoms with Crippen LogP contribution in [0.15, 0.2) is 18.2 Å². The highest BCUT2D eigenvalue weighted by Gasteiger charge is 2.10. The molecule has 6 heteroatoms. The monoisotopic (exact) mass is 290 g/mol. The van der Waals surface area contributed by atoms with Gasteiger partial charge in [0.1, 0.15) is 5.75 Å². The number of methoxy groups -OCH3 is 1. The van der Waals surface area contributed by atoms with Gasteiger partial charge in [0.25, 0.3) is 0 Å². The minimum Gasteiger partial charge on any atom is -0.494 e. The fraction of sp³-hybridized carbons (Fsp3) is 0.467. The maximum absolute atomic E-state index is 12.0. The molecule has 0 aliphatic heterocycles. The highest BCUT2D eigenvalue weighted by atomic mass is 16.5. The van der Waals surface area contributed by atoms with Gasteiger partial charge in [-0.1, -0.05) is 6.92 Å². The first-order valence-corrected chi connectivity index (χ1v) is 6.93. The van der Waals surface area contributed by atoms with Gasteiger partial charge in [0.05, 0.1) is 18.9 Å². The zero-order chi connectivity index (χ0) is 15.7. The molecule has 0 saturated carbocycles. The summed E-state index contributed by atoms with van der Waals surface area (Å²) in [6.45, 7) is 4.14. The summed E-state index contributed by atoms with van der Waals surface area (Å²) < 4.78 is 5.19. The number of carbonyl (C=O) groups excluding carboxylic acids is 1. The third-order valence-electron chi connectivity index (χ3n) is 3.14. The van der Waals surface area contributed by atoms with Gasteiger partial charge in [0.15, 0.2) is 0 Å². The van der Waals surface area contributed by atoms with Crippen LogP contribution in [0.4, 0.5) is 11.4 Å². The summed E-state index contributed by atoms with van der Waals surface area (Å²) in [5.74, 6) is 0.452. The van der Waals surface area contributed by atoms with Crippen LogP contribution in [-0.4, -0.2) is 37.6 Å². The van der Waals surface area contributed by atoms with E-state index >= 15 is 0 Å². The number of carbonyl (C=O) groups is 1. The summed E-state index contributed by atoms with van der Waals surface area (Å²) in [4.78, 5) is 14.0. The molecule has 1 aromatic rings. The van der Waals surface area contributed by atoms with Gasteiger partial charge in [-0.15, -0.1) is 0 Å². The van der Waals surface area contributed by atoms with Crippen LogP contribution in [0.25, 0.3) is 0 Å². The first kappa shape index (κ1) is 16.8. The summed E-state index contributed by atoms with van der Waals surface area (Å²) in [7, 11) is 1.53. The minimum absolute atomic E-state index is 0.0894. The molecule has 114 valence electrons. The molecule has 0 saturated heterocycles. The molecule has 0 aromatic heterocycles. The molecule has 1 aromatic carbocycles. The zero-order valence-electron chi connectivity index (χ0n) is 12.6. The largest absolute Gasteiger partial charge is 0.494 e. The van der Waals surface area contributed by atoms with Crippen molar-refractivity contribution in [2.75, 3.05) is 37.8 Å². The lowest BCUT2D eigenvalue weighted by Gasteiger charge is -2.18. The van der Waals surface area contributed by atoms with Gasteiger partial charge in [-0.05, 0) is 18.7 Å². The molecule has 0 unspecified atom stereocenters. The molecule has 0 fully saturated rings. The van der Waals surface area contributed by atoms with Crippen LogP contribution in [0.5, 0.6) is 5.75 Å². The number of nitriles is 1. The van der Waals surface area contributed by atoms with Crippen molar-refractivity contribution in [1.82, 2.24) is 4.90 Å². The number of hydrogen-bond donors (Lipinski definition) is 2. The Morgan fingerprint density at radius 3 is 2.86 bits per heavy atom. The summed E-state index contributed by atoms with van der Waals surface area (Å²) in [6.07, 6.45) is 0.841. The van der Waals surface area contributed by atoms with Crippen LogP contribution in [0.1, 0.15) is 19.8 Å². The predicted molar refractivity (Wildman–Crippen MR) is 83.0 cm³/mol. The molecule has 0 aliphatic carbocycles. The average molecular weight is 290 g/mol. The lowest BCUT2D eigenvalue weighted by atomic mass is 10.2. The molecule has 1 amide bonds. The van der Waals surface area contributed by atoms with E-state index in [1.54, 1.807) is 18.2 Å². The first-order chi connectivity index (χ1) is 10.1. The molecule has 0 atom stereocenters. The van der Waals surface area contributed by atoms with Gasteiger partial charge in [0, 0.05) is 37.7 Å². The quantitative estimate of drug-likeness (QED) is 0.713. The smallest absolute Gasteiger partial charge is 0.225 e. The van der Waals surface area contributed by atoms with Gasteiger partial charge in [-0.25, -0.2) is 0 Å². The Balaban J connectivity index is 2.52. The highest BCUT2D eigenvalue weighted by molar-refractivity contribution is 5.92. The van der Waals surface area contributed by atoms with Crippen molar-refractivity contribution < 1.29 is 9.53 Å². The highest BCUT2D eigenvalue weighted by Crippen LogP contribution is 2.26. The van der Waals surface area contributed by atoms with E-state index in [-0.39, 0.29) is 5.91 Å². The van der Waals surface area contributed by atoms with Gasteiger partial charge < -0.3 is 20.7 Å². The second-order valence-corrected chi connectivity index (χ2v) is 4.60. The number of nitrogens with one attached hydrogen (secondary N) is 1. The van der Waals surface area contributed by atoms with E-state index in [4.69, 9.17) is 15.7 Å². The van der Waals surface area contributed by atoms with Crippen LogP contribution in [0, 0.1) is 11.3 Å². The second kappa shape index (κ2) is 8.82. The van der Waals surface area contributed by atoms with E-state index in [9.17, 15) is 4.79 Å². The summed E-state index contributed by atoms with van der Waals surface area (Å²) in [5.41, 5.74) is 6.86. The summed E-state index contributed by atoms with van der Waals surface area (Å²) in [5, 5.41) is 11.4. The molecular weight excluding hydrogens is 268 g/mol. The fourth-order valence-corrected chi connectivity index (χ4v) is 1.92. The number of anilines is 2. The molecule has 0 bridgehead atoms. The lowest BCUT2D eigenvalue weighted by molar-refractivity contribution is -0.116. The van der Waals surface area contributed by atoms with Crippen molar-refractivity contribution in [1.29, 1.82) is 5.26 Å².